The lowest BCUT2D eigenvalue weighted by Crippen LogP contribution is -1.73. The van der Waals surface area contributed by atoms with Crippen molar-refractivity contribution in [3.63, 3.8) is 0 Å². The van der Waals surface area contributed by atoms with Crippen LogP contribution in [0.2, 0.25) is 0 Å². The molecule has 0 bridgehead atoms. The monoisotopic (exact) mass is 232 g/mol. The Hall–Kier alpha value is -1.96. The molecule has 1 rings (SSSR count). The van der Waals surface area contributed by atoms with Crippen molar-refractivity contribution < 1.29 is 8.78 Å². The summed E-state index contributed by atoms with van der Waals surface area (Å²) in [6.45, 7) is 5.00. The molecule has 0 saturated carbocycles. The first-order valence-corrected chi connectivity index (χ1v) is 5.21. The highest BCUT2D eigenvalue weighted by atomic mass is 19.1. The molecule has 17 heavy (non-hydrogen) atoms. The van der Waals surface area contributed by atoms with Crippen molar-refractivity contribution in [1.82, 2.24) is 0 Å². The normalized spacial score (nSPS) is 12.5. The molecule has 0 radical (unpaired) electrons. The second kappa shape index (κ2) is 6.59. The van der Waals surface area contributed by atoms with Crippen LogP contribution in [0, 0.1) is 6.92 Å². The molecule has 0 heterocycles. The van der Waals surface area contributed by atoms with Gasteiger partial charge in [0.1, 0.15) is 11.7 Å². The lowest BCUT2D eigenvalue weighted by molar-refractivity contribution is 0.654. The first kappa shape index (κ1) is 13.1. The van der Waals surface area contributed by atoms with Crippen LogP contribution in [0.15, 0.2) is 66.8 Å². The van der Waals surface area contributed by atoms with Crippen LogP contribution in [-0.2, 0) is 0 Å². The van der Waals surface area contributed by atoms with E-state index in [2.05, 4.69) is 6.58 Å². The number of aryl methyl sites for hydroxylation is 1. The minimum atomic E-state index is -0.670. The van der Waals surface area contributed by atoms with Gasteiger partial charge in [-0.2, -0.15) is 0 Å². The molecule has 0 N–H and O–H groups in total. The third kappa shape index (κ3) is 5.61. The molecule has 0 aliphatic carbocycles. The number of allylic oxidation sites excluding steroid dienone is 6. The van der Waals surface area contributed by atoms with E-state index >= 15 is 0 Å². The van der Waals surface area contributed by atoms with Crippen LogP contribution < -0.4 is 0 Å². The average Bonchev–Trinajstić information content (AvgIpc) is 2.29. The molecule has 0 spiro atoms. The molecule has 0 aliphatic rings. The molecule has 0 atom stereocenters. The van der Waals surface area contributed by atoms with E-state index in [9.17, 15) is 8.78 Å². The summed E-state index contributed by atoms with van der Waals surface area (Å²) in [6.07, 6.45) is 6.62. The van der Waals surface area contributed by atoms with Crippen LogP contribution in [0.5, 0.6) is 0 Å². The van der Waals surface area contributed by atoms with Crippen LogP contribution in [0.1, 0.15) is 11.1 Å². The van der Waals surface area contributed by atoms with Gasteiger partial charge in [-0.1, -0.05) is 48.6 Å². The van der Waals surface area contributed by atoms with Crippen molar-refractivity contribution in [3.05, 3.63) is 77.9 Å². The molecule has 1 aromatic carbocycles. The van der Waals surface area contributed by atoms with Crippen molar-refractivity contribution in [2.24, 2.45) is 0 Å². The molecule has 0 fully saturated rings. The summed E-state index contributed by atoms with van der Waals surface area (Å²) in [6, 6.07) is 7.84. The Bertz CT molecular complexity index is 462. The van der Waals surface area contributed by atoms with Crippen LogP contribution in [-0.4, -0.2) is 0 Å². The van der Waals surface area contributed by atoms with E-state index < -0.39 is 11.7 Å². The van der Waals surface area contributed by atoms with E-state index in [0.717, 1.165) is 17.7 Å². The zero-order chi connectivity index (χ0) is 12.7. The molecule has 2 heteroatoms. The highest BCUT2D eigenvalue weighted by Crippen LogP contribution is 2.07. The van der Waals surface area contributed by atoms with Crippen molar-refractivity contribution in [3.8, 4) is 0 Å². The standard InChI is InChI=1S/C15H14F2/c1-12-6-9-14(10-7-12)4-3-5-15(17)11-8-13(2)16/h3-11H,2H2,1H3/b4-3+,11-8-,15-5-. The highest BCUT2D eigenvalue weighted by Gasteiger charge is 1.87. The lowest BCUT2D eigenvalue weighted by atomic mass is 10.1. The summed E-state index contributed by atoms with van der Waals surface area (Å²) in [5.74, 6) is -1.19. The zero-order valence-corrected chi connectivity index (χ0v) is 9.66. The maximum atomic E-state index is 13.0. The van der Waals surface area contributed by atoms with Gasteiger partial charge in [-0.25, -0.2) is 8.78 Å². The SMILES string of the molecule is C=C(F)\C=C/C(F)=C/C=C/c1ccc(C)cc1. The van der Waals surface area contributed by atoms with Crippen molar-refractivity contribution in [2.75, 3.05) is 0 Å². The van der Waals surface area contributed by atoms with Crippen molar-refractivity contribution in [1.29, 1.82) is 0 Å². The van der Waals surface area contributed by atoms with Gasteiger partial charge < -0.3 is 0 Å². The van der Waals surface area contributed by atoms with Crippen LogP contribution >= 0.6 is 0 Å². The summed E-state index contributed by atoms with van der Waals surface area (Å²) in [5, 5.41) is 0. The number of hydrogen-bond donors (Lipinski definition) is 0. The average molecular weight is 232 g/mol. The Kier molecular flexibility index (Phi) is 5.08. The van der Waals surface area contributed by atoms with E-state index in [-0.39, 0.29) is 0 Å². The third-order valence-corrected chi connectivity index (χ3v) is 2.04. The second-order valence-electron chi connectivity index (χ2n) is 3.60. The van der Waals surface area contributed by atoms with Gasteiger partial charge in [0.15, 0.2) is 0 Å². The zero-order valence-electron chi connectivity index (χ0n) is 9.66. The minimum absolute atomic E-state index is 0.521. The smallest absolute Gasteiger partial charge is 0.123 e. The Morgan fingerprint density at radius 2 is 1.76 bits per heavy atom. The maximum absolute atomic E-state index is 13.0. The molecule has 0 aromatic heterocycles. The Labute approximate surface area is 100 Å². The number of benzene rings is 1. The largest absolute Gasteiger partial charge is 0.208 e. The van der Waals surface area contributed by atoms with Crippen molar-refractivity contribution in [2.45, 2.75) is 6.92 Å². The fourth-order valence-corrected chi connectivity index (χ4v) is 1.15. The van der Waals surface area contributed by atoms with E-state index in [1.54, 1.807) is 12.2 Å². The minimum Gasteiger partial charge on any atom is -0.208 e. The van der Waals surface area contributed by atoms with Gasteiger partial charge in [-0.15, -0.1) is 0 Å². The van der Waals surface area contributed by atoms with Crippen LogP contribution in [0.3, 0.4) is 0 Å². The molecule has 1 aromatic rings. The van der Waals surface area contributed by atoms with Gasteiger partial charge in [-0.05, 0) is 30.7 Å². The first-order valence-electron chi connectivity index (χ1n) is 5.21. The molecular weight excluding hydrogens is 218 g/mol. The molecule has 0 aliphatic heterocycles. The Morgan fingerprint density at radius 1 is 1.12 bits per heavy atom. The fourth-order valence-electron chi connectivity index (χ4n) is 1.15. The quantitative estimate of drug-likeness (QED) is 0.647. The maximum Gasteiger partial charge on any atom is 0.123 e. The van der Waals surface area contributed by atoms with Gasteiger partial charge in [0.05, 0.1) is 0 Å². The van der Waals surface area contributed by atoms with Gasteiger partial charge in [0, 0.05) is 0 Å². The Morgan fingerprint density at radius 3 is 2.35 bits per heavy atom. The summed E-state index contributed by atoms with van der Waals surface area (Å²) in [4.78, 5) is 0. The predicted molar refractivity (Wildman–Crippen MR) is 68.8 cm³/mol. The summed E-state index contributed by atoms with van der Waals surface area (Å²) >= 11 is 0. The van der Waals surface area contributed by atoms with E-state index in [1.165, 1.54) is 11.6 Å². The molecule has 0 unspecified atom stereocenters. The number of rotatable bonds is 4. The number of halogens is 2. The van der Waals surface area contributed by atoms with Crippen LogP contribution in [0.25, 0.3) is 6.08 Å². The Balaban J connectivity index is 2.63. The molecule has 0 nitrogen and oxygen atoms in total. The van der Waals surface area contributed by atoms with E-state index in [4.69, 9.17) is 0 Å². The summed E-state index contributed by atoms with van der Waals surface area (Å²) < 4.78 is 25.2. The predicted octanol–water partition coefficient (Wildman–Crippen LogP) is 4.90. The summed E-state index contributed by atoms with van der Waals surface area (Å²) in [7, 11) is 0. The third-order valence-electron chi connectivity index (χ3n) is 2.04. The lowest BCUT2D eigenvalue weighted by Gasteiger charge is -1.93. The van der Waals surface area contributed by atoms with Gasteiger partial charge >= 0.3 is 0 Å². The van der Waals surface area contributed by atoms with E-state index in [1.807, 2.05) is 31.2 Å². The highest BCUT2D eigenvalue weighted by molar-refractivity contribution is 5.51. The molecule has 0 saturated heterocycles. The van der Waals surface area contributed by atoms with E-state index in [0.29, 0.717) is 0 Å². The molecular formula is C15H14F2. The van der Waals surface area contributed by atoms with Crippen LogP contribution in [0.4, 0.5) is 8.78 Å². The first-order chi connectivity index (χ1) is 8.08. The van der Waals surface area contributed by atoms with Gasteiger partial charge in [-0.3, -0.25) is 0 Å². The topological polar surface area (TPSA) is 0 Å². The number of hydrogen-bond acceptors (Lipinski definition) is 0. The van der Waals surface area contributed by atoms with Gasteiger partial charge in [0.25, 0.3) is 0 Å². The molecule has 0 amide bonds. The second-order valence-corrected chi connectivity index (χ2v) is 3.60. The van der Waals surface area contributed by atoms with Gasteiger partial charge in [0.2, 0.25) is 0 Å². The fraction of sp³-hybridized carbons (Fsp3) is 0.0667. The molecule has 88 valence electrons. The van der Waals surface area contributed by atoms with Crippen molar-refractivity contribution >= 4 is 6.08 Å². The summed E-state index contributed by atoms with van der Waals surface area (Å²) in [5.41, 5.74) is 2.16.